The summed E-state index contributed by atoms with van der Waals surface area (Å²) in [6, 6.07) is 14.3. The van der Waals surface area contributed by atoms with Crippen molar-refractivity contribution in [3.63, 3.8) is 0 Å². The normalized spacial score (nSPS) is 12.9. The molecular weight excluding hydrogens is 468 g/mol. The molecule has 0 heterocycles. The summed E-state index contributed by atoms with van der Waals surface area (Å²) in [6.45, 7) is 9.23. The summed E-state index contributed by atoms with van der Waals surface area (Å²) in [4.78, 5) is 54.1. The standard InChI is InChI=1S/C29H40N4O4/c1-19(2)17-24(31-26(35)21-13-15-22(16-14-21)33(6)7)27(36)30-23(18-20-11-9-8-10-12-20)25(34)28(37)32-29(3,4)5/h8-16,19,23-24H,17-18H2,1-7H3,(H,30,36)(H,31,35)(H,32,37). The minimum atomic E-state index is -1.08. The number of carbonyl (C=O) groups excluding carboxylic acids is 4. The zero-order chi connectivity index (χ0) is 27.8. The number of hydrogen-bond donors (Lipinski definition) is 3. The maximum atomic E-state index is 13.4. The van der Waals surface area contributed by atoms with Gasteiger partial charge in [-0.15, -0.1) is 0 Å². The highest BCUT2D eigenvalue weighted by Gasteiger charge is 2.32. The fourth-order valence-corrected chi connectivity index (χ4v) is 3.75. The van der Waals surface area contributed by atoms with Crippen LogP contribution in [0, 0.1) is 5.92 Å². The number of ketones is 1. The molecule has 2 atom stereocenters. The Kier molecular flexibility index (Phi) is 10.4. The second-order valence-electron chi connectivity index (χ2n) is 10.9. The molecule has 0 aromatic heterocycles. The van der Waals surface area contributed by atoms with Gasteiger partial charge >= 0.3 is 0 Å². The quantitative estimate of drug-likeness (QED) is 0.404. The molecule has 0 spiro atoms. The summed E-state index contributed by atoms with van der Waals surface area (Å²) in [5.74, 6) is -2.30. The average molecular weight is 509 g/mol. The van der Waals surface area contributed by atoms with Gasteiger partial charge < -0.3 is 20.9 Å². The van der Waals surface area contributed by atoms with E-state index in [0.29, 0.717) is 12.0 Å². The number of Topliss-reactive ketones (excluding diaryl/α,β-unsaturated/α-hetero) is 1. The Balaban J connectivity index is 2.24. The van der Waals surface area contributed by atoms with Crippen LogP contribution in [0.15, 0.2) is 54.6 Å². The average Bonchev–Trinajstić information content (AvgIpc) is 2.82. The maximum Gasteiger partial charge on any atom is 0.290 e. The monoisotopic (exact) mass is 508 g/mol. The van der Waals surface area contributed by atoms with Crippen molar-refractivity contribution in [2.45, 2.75) is 65.1 Å². The Labute approximate surface area is 220 Å². The summed E-state index contributed by atoms with van der Waals surface area (Å²) in [5.41, 5.74) is 1.57. The second kappa shape index (κ2) is 13.0. The van der Waals surface area contributed by atoms with Crippen LogP contribution in [0.4, 0.5) is 5.69 Å². The lowest BCUT2D eigenvalue weighted by Crippen LogP contribution is -2.56. The number of rotatable bonds is 11. The van der Waals surface area contributed by atoms with Gasteiger partial charge in [-0.25, -0.2) is 0 Å². The second-order valence-corrected chi connectivity index (χ2v) is 10.9. The molecule has 0 aliphatic heterocycles. The maximum absolute atomic E-state index is 13.4. The molecule has 0 saturated carbocycles. The van der Waals surface area contributed by atoms with Gasteiger partial charge in [-0.05, 0) is 62.9 Å². The fraction of sp³-hybridized carbons (Fsp3) is 0.448. The van der Waals surface area contributed by atoms with Gasteiger partial charge in [-0.2, -0.15) is 0 Å². The number of nitrogens with one attached hydrogen (secondary N) is 3. The van der Waals surface area contributed by atoms with Gasteiger partial charge in [0.1, 0.15) is 12.1 Å². The van der Waals surface area contributed by atoms with Gasteiger partial charge in [0, 0.05) is 37.3 Å². The van der Waals surface area contributed by atoms with Crippen LogP contribution in [0.25, 0.3) is 0 Å². The van der Waals surface area contributed by atoms with Gasteiger partial charge in [0.2, 0.25) is 11.7 Å². The Morgan fingerprint density at radius 3 is 1.95 bits per heavy atom. The van der Waals surface area contributed by atoms with E-state index >= 15 is 0 Å². The third-order valence-corrected chi connectivity index (χ3v) is 5.60. The molecule has 200 valence electrons. The van der Waals surface area contributed by atoms with E-state index in [-0.39, 0.29) is 18.2 Å². The molecule has 2 aromatic carbocycles. The molecule has 3 amide bonds. The summed E-state index contributed by atoms with van der Waals surface area (Å²) in [5, 5.41) is 8.23. The van der Waals surface area contributed by atoms with Crippen molar-refractivity contribution in [2.75, 3.05) is 19.0 Å². The van der Waals surface area contributed by atoms with Crippen LogP contribution in [0.2, 0.25) is 0 Å². The number of anilines is 1. The predicted octanol–water partition coefficient (Wildman–Crippen LogP) is 3.11. The molecule has 0 bridgehead atoms. The minimum Gasteiger partial charge on any atom is -0.378 e. The molecule has 3 N–H and O–H groups in total. The SMILES string of the molecule is CC(C)CC(NC(=O)c1ccc(N(C)C)cc1)C(=O)NC(Cc1ccccc1)C(=O)C(=O)NC(C)(C)C. The van der Waals surface area contributed by atoms with Crippen LogP contribution in [0.1, 0.15) is 57.0 Å². The van der Waals surface area contributed by atoms with E-state index in [2.05, 4.69) is 16.0 Å². The third kappa shape index (κ3) is 9.71. The minimum absolute atomic E-state index is 0.0969. The Morgan fingerprint density at radius 2 is 1.43 bits per heavy atom. The van der Waals surface area contributed by atoms with Crippen molar-refractivity contribution in [1.29, 1.82) is 0 Å². The third-order valence-electron chi connectivity index (χ3n) is 5.60. The smallest absolute Gasteiger partial charge is 0.290 e. The summed E-state index contributed by atoms with van der Waals surface area (Å²) < 4.78 is 0. The van der Waals surface area contributed by atoms with Gasteiger partial charge in [-0.1, -0.05) is 44.2 Å². The summed E-state index contributed by atoms with van der Waals surface area (Å²) >= 11 is 0. The zero-order valence-corrected chi connectivity index (χ0v) is 22.9. The topological polar surface area (TPSA) is 108 Å². The fourth-order valence-electron chi connectivity index (χ4n) is 3.75. The van der Waals surface area contributed by atoms with E-state index in [0.717, 1.165) is 11.3 Å². The van der Waals surface area contributed by atoms with E-state index in [1.165, 1.54) is 0 Å². The molecule has 2 rings (SSSR count). The van der Waals surface area contributed by atoms with E-state index in [4.69, 9.17) is 0 Å². The predicted molar refractivity (Wildman–Crippen MR) is 146 cm³/mol. The van der Waals surface area contributed by atoms with E-state index in [9.17, 15) is 19.2 Å². The Morgan fingerprint density at radius 1 is 0.838 bits per heavy atom. The Bertz CT molecular complexity index is 1070. The highest BCUT2D eigenvalue weighted by Crippen LogP contribution is 2.14. The lowest BCUT2D eigenvalue weighted by molar-refractivity contribution is -0.141. The van der Waals surface area contributed by atoms with Gasteiger partial charge in [-0.3, -0.25) is 19.2 Å². The molecule has 2 aromatic rings. The molecule has 0 aliphatic rings. The van der Waals surface area contributed by atoms with Gasteiger partial charge in [0.25, 0.3) is 11.8 Å². The van der Waals surface area contributed by atoms with Crippen LogP contribution in [-0.4, -0.2) is 55.2 Å². The number of nitrogens with zero attached hydrogens (tertiary/aromatic N) is 1. The van der Waals surface area contributed by atoms with E-state index < -0.39 is 35.2 Å². The van der Waals surface area contributed by atoms with E-state index in [1.54, 1.807) is 32.9 Å². The van der Waals surface area contributed by atoms with Crippen molar-refractivity contribution >= 4 is 29.2 Å². The van der Waals surface area contributed by atoms with Crippen molar-refractivity contribution in [3.05, 3.63) is 65.7 Å². The molecule has 0 radical (unpaired) electrons. The lowest BCUT2D eigenvalue weighted by atomic mass is 9.98. The molecule has 0 aliphatic carbocycles. The summed E-state index contributed by atoms with van der Waals surface area (Å²) in [7, 11) is 3.82. The zero-order valence-electron chi connectivity index (χ0n) is 22.9. The van der Waals surface area contributed by atoms with Crippen molar-refractivity contribution in [1.82, 2.24) is 16.0 Å². The summed E-state index contributed by atoms with van der Waals surface area (Å²) in [6.07, 6.45) is 0.519. The van der Waals surface area contributed by atoms with E-state index in [1.807, 2.05) is 75.3 Å². The van der Waals surface area contributed by atoms with Crippen molar-refractivity contribution in [2.24, 2.45) is 5.92 Å². The molecular formula is C29H40N4O4. The molecule has 8 nitrogen and oxygen atoms in total. The van der Waals surface area contributed by atoms with Crippen molar-refractivity contribution < 1.29 is 19.2 Å². The number of amides is 3. The lowest BCUT2D eigenvalue weighted by Gasteiger charge is -2.25. The van der Waals surface area contributed by atoms with Crippen LogP contribution in [-0.2, 0) is 20.8 Å². The van der Waals surface area contributed by atoms with Crippen LogP contribution < -0.4 is 20.9 Å². The highest BCUT2D eigenvalue weighted by molar-refractivity contribution is 6.38. The number of benzene rings is 2. The first-order valence-corrected chi connectivity index (χ1v) is 12.6. The largest absolute Gasteiger partial charge is 0.378 e. The Hall–Kier alpha value is -3.68. The van der Waals surface area contributed by atoms with Crippen LogP contribution >= 0.6 is 0 Å². The molecule has 2 unspecified atom stereocenters. The van der Waals surface area contributed by atoms with Crippen LogP contribution in [0.3, 0.4) is 0 Å². The van der Waals surface area contributed by atoms with Crippen LogP contribution in [0.5, 0.6) is 0 Å². The van der Waals surface area contributed by atoms with Crippen molar-refractivity contribution in [3.8, 4) is 0 Å². The number of hydrogen-bond acceptors (Lipinski definition) is 5. The first kappa shape index (κ1) is 29.5. The highest BCUT2D eigenvalue weighted by atomic mass is 16.2. The first-order chi connectivity index (χ1) is 17.3. The van der Waals surface area contributed by atoms with Gasteiger partial charge in [0.05, 0.1) is 0 Å². The molecule has 0 saturated heterocycles. The number of carbonyl (C=O) groups is 4. The first-order valence-electron chi connectivity index (χ1n) is 12.6. The molecule has 37 heavy (non-hydrogen) atoms. The van der Waals surface area contributed by atoms with Gasteiger partial charge in [0.15, 0.2) is 0 Å². The molecule has 0 fully saturated rings. The molecule has 8 heteroatoms.